The Morgan fingerprint density at radius 2 is 1.87 bits per heavy atom. The van der Waals surface area contributed by atoms with E-state index in [0.29, 0.717) is 35.2 Å². The first-order valence-electron chi connectivity index (χ1n) is 9.06. The molecule has 0 aliphatic rings. The fraction of sp³-hybridized carbons (Fsp3) is 0.150. The maximum Gasteiger partial charge on any atom is 0.277 e. The van der Waals surface area contributed by atoms with Crippen molar-refractivity contribution in [1.82, 2.24) is 15.2 Å². The minimum absolute atomic E-state index is 0.122. The quantitative estimate of drug-likeness (QED) is 0.404. The van der Waals surface area contributed by atoms with Crippen LogP contribution in [-0.4, -0.2) is 32.7 Å². The molecular formula is C20H17N5O3S2. The van der Waals surface area contributed by atoms with E-state index in [2.05, 4.69) is 26.6 Å². The average molecular weight is 440 g/mol. The summed E-state index contributed by atoms with van der Waals surface area (Å²) < 4.78 is 6.77. The van der Waals surface area contributed by atoms with Crippen LogP contribution in [0.15, 0.2) is 58.2 Å². The summed E-state index contributed by atoms with van der Waals surface area (Å²) in [6.45, 7) is 0. The van der Waals surface area contributed by atoms with Gasteiger partial charge in [-0.15, -0.1) is 21.5 Å². The molecule has 8 nitrogen and oxygen atoms in total. The van der Waals surface area contributed by atoms with Crippen molar-refractivity contribution in [3.8, 4) is 0 Å². The lowest BCUT2D eigenvalue weighted by Crippen LogP contribution is -2.15. The van der Waals surface area contributed by atoms with Gasteiger partial charge >= 0.3 is 0 Å². The van der Waals surface area contributed by atoms with Crippen molar-refractivity contribution in [3.63, 3.8) is 0 Å². The Balaban J connectivity index is 1.25. The predicted octanol–water partition coefficient (Wildman–Crippen LogP) is 3.29. The van der Waals surface area contributed by atoms with E-state index >= 15 is 0 Å². The molecule has 0 aliphatic heterocycles. The first kappa shape index (κ1) is 20.0. The van der Waals surface area contributed by atoms with Gasteiger partial charge in [-0.3, -0.25) is 9.59 Å². The molecule has 2 amide bonds. The summed E-state index contributed by atoms with van der Waals surface area (Å²) in [7, 11) is 0. The predicted molar refractivity (Wildman–Crippen MR) is 116 cm³/mol. The molecule has 0 bridgehead atoms. The normalized spacial score (nSPS) is 10.9. The smallest absolute Gasteiger partial charge is 0.277 e. The molecule has 10 heteroatoms. The Morgan fingerprint density at radius 1 is 1.07 bits per heavy atom. The van der Waals surface area contributed by atoms with Gasteiger partial charge in [0.15, 0.2) is 0 Å². The van der Waals surface area contributed by atoms with Crippen LogP contribution in [0.5, 0.6) is 0 Å². The number of hydrogen-bond acceptors (Lipinski definition) is 8. The van der Waals surface area contributed by atoms with Crippen LogP contribution in [-0.2, 0) is 17.6 Å². The Kier molecular flexibility index (Phi) is 6.05. The largest absolute Gasteiger partial charge is 0.416 e. The number of primary amides is 1. The van der Waals surface area contributed by atoms with E-state index < -0.39 is 5.91 Å². The van der Waals surface area contributed by atoms with Crippen LogP contribution in [0.4, 0.5) is 5.69 Å². The maximum absolute atomic E-state index is 12.1. The fourth-order valence-corrected chi connectivity index (χ4v) is 4.23. The van der Waals surface area contributed by atoms with Gasteiger partial charge in [-0.25, -0.2) is 4.98 Å². The molecule has 3 N–H and O–H groups in total. The molecule has 2 heterocycles. The topological polar surface area (TPSA) is 124 Å². The summed E-state index contributed by atoms with van der Waals surface area (Å²) >= 11 is 2.82. The molecule has 4 rings (SSSR count). The minimum Gasteiger partial charge on any atom is -0.416 e. The number of aryl methyl sites for hydroxylation is 2. The summed E-state index contributed by atoms with van der Waals surface area (Å²) in [6.07, 6.45) is 1.30. The van der Waals surface area contributed by atoms with E-state index in [0.717, 1.165) is 27.0 Å². The van der Waals surface area contributed by atoms with Crippen molar-refractivity contribution < 1.29 is 14.0 Å². The highest BCUT2D eigenvalue weighted by Crippen LogP contribution is 2.23. The van der Waals surface area contributed by atoms with Gasteiger partial charge < -0.3 is 15.5 Å². The summed E-state index contributed by atoms with van der Waals surface area (Å²) in [5.74, 6) is -0.101. The highest BCUT2D eigenvalue weighted by atomic mass is 32.2. The number of carbonyl (C=O) groups is 2. The highest BCUT2D eigenvalue weighted by Gasteiger charge is 2.12. The molecule has 0 saturated heterocycles. The summed E-state index contributed by atoms with van der Waals surface area (Å²) in [6, 6.07) is 14.4. The number of thiazole rings is 1. The highest BCUT2D eigenvalue weighted by molar-refractivity contribution is 7.99. The standard InChI is InChI=1S/C20H17N5O3S2/c21-19(27)12-5-7-13(8-6-12)22-16(26)11-29-20-25-24-17(28-20)9-10-18-23-14-3-1-2-4-15(14)30-18/h1-8H,9-11H2,(H2,21,27)(H,22,26). The Hall–Kier alpha value is -3.24. The number of para-hydroxylation sites is 1. The van der Waals surface area contributed by atoms with Crippen molar-refractivity contribution in [3.05, 3.63) is 65.0 Å². The summed E-state index contributed by atoms with van der Waals surface area (Å²) in [4.78, 5) is 27.8. The summed E-state index contributed by atoms with van der Waals surface area (Å²) in [5.41, 5.74) is 7.15. The van der Waals surface area contributed by atoms with Gasteiger partial charge in [0, 0.05) is 24.1 Å². The zero-order valence-corrected chi connectivity index (χ0v) is 17.3. The molecular weight excluding hydrogens is 422 g/mol. The molecule has 0 atom stereocenters. The molecule has 30 heavy (non-hydrogen) atoms. The van der Waals surface area contributed by atoms with Crippen molar-refractivity contribution >= 4 is 50.8 Å². The van der Waals surface area contributed by atoms with Crippen LogP contribution in [0.25, 0.3) is 10.2 Å². The second-order valence-corrected chi connectivity index (χ2v) is 8.36. The van der Waals surface area contributed by atoms with Crippen molar-refractivity contribution in [1.29, 1.82) is 0 Å². The van der Waals surface area contributed by atoms with Gasteiger partial charge in [0.1, 0.15) is 0 Å². The Labute approximate surface area is 179 Å². The molecule has 2 aromatic heterocycles. The molecule has 0 radical (unpaired) electrons. The number of fused-ring (bicyclic) bond motifs is 1. The number of nitrogens with one attached hydrogen (secondary N) is 1. The molecule has 0 saturated carbocycles. The van der Waals surface area contributed by atoms with Gasteiger partial charge in [-0.1, -0.05) is 23.9 Å². The van der Waals surface area contributed by atoms with Gasteiger partial charge in [0.05, 0.1) is 21.0 Å². The van der Waals surface area contributed by atoms with Crippen LogP contribution in [0.1, 0.15) is 21.3 Å². The molecule has 0 aliphatic carbocycles. The second-order valence-electron chi connectivity index (χ2n) is 6.32. The monoisotopic (exact) mass is 439 g/mol. The molecule has 2 aromatic carbocycles. The first-order chi connectivity index (χ1) is 14.6. The first-order valence-corrected chi connectivity index (χ1v) is 10.9. The van der Waals surface area contributed by atoms with Gasteiger partial charge in [0.2, 0.25) is 17.7 Å². The number of thioether (sulfide) groups is 1. The third kappa shape index (κ3) is 5.02. The second kappa shape index (κ2) is 9.06. The lowest BCUT2D eigenvalue weighted by molar-refractivity contribution is -0.113. The minimum atomic E-state index is -0.515. The zero-order valence-electron chi connectivity index (χ0n) is 15.7. The van der Waals surface area contributed by atoms with E-state index in [1.807, 2.05) is 18.2 Å². The van der Waals surface area contributed by atoms with Gasteiger partial charge in [0.25, 0.3) is 5.22 Å². The number of nitrogens with two attached hydrogens (primary N) is 1. The van der Waals surface area contributed by atoms with Crippen molar-refractivity contribution in [2.75, 3.05) is 11.1 Å². The van der Waals surface area contributed by atoms with Crippen LogP contribution in [0.3, 0.4) is 0 Å². The van der Waals surface area contributed by atoms with Crippen LogP contribution in [0, 0.1) is 0 Å². The van der Waals surface area contributed by atoms with E-state index in [1.165, 1.54) is 0 Å². The zero-order chi connectivity index (χ0) is 20.9. The number of aromatic nitrogens is 3. The van der Waals surface area contributed by atoms with Crippen molar-refractivity contribution in [2.45, 2.75) is 18.1 Å². The van der Waals surface area contributed by atoms with Gasteiger partial charge in [-0.05, 0) is 36.4 Å². The van der Waals surface area contributed by atoms with Crippen LogP contribution in [0.2, 0.25) is 0 Å². The molecule has 0 fully saturated rings. The molecule has 4 aromatic rings. The van der Waals surface area contributed by atoms with E-state index in [9.17, 15) is 9.59 Å². The van der Waals surface area contributed by atoms with E-state index in [4.69, 9.17) is 10.2 Å². The third-order valence-electron chi connectivity index (χ3n) is 4.12. The van der Waals surface area contributed by atoms with E-state index in [-0.39, 0.29) is 11.7 Å². The third-order valence-corrected chi connectivity index (χ3v) is 6.03. The number of hydrogen-bond donors (Lipinski definition) is 2. The molecule has 152 valence electrons. The lowest BCUT2D eigenvalue weighted by Gasteiger charge is -2.04. The summed E-state index contributed by atoms with van der Waals surface area (Å²) in [5, 5.41) is 12.1. The number of carbonyl (C=O) groups excluding carboxylic acids is 2. The number of amides is 2. The molecule has 0 unspecified atom stereocenters. The Bertz CT molecular complexity index is 1150. The van der Waals surface area contributed by atoms with E-state index in [1.54, 1.807) is 35.6 Å². The Morgan fingerprint density at radius 3 is 2.63 bits per heavy atom. The lowest BCUT2D eigenvalue weighted by atomic mass is 10.2. The maximum atomic E-state index is 12.1. The fourth-order valence-electron chi connectivity index (χ4n) is 2.68. The van der Waals surface area contributed by atoms with Crippen molar-refractivity contribution in [2.24, 2.45) is 5.73 Å². The van der Waals surface area contributed by atoms with Crippen LogP contribution < -0.4 is 11.1 Å². The number of benzene rings is 2. The molecule has 0 spiro atoms. The van der Waals surface area contributed by atoms with Gasteiger partial charge in [-0.2, -0.15) is 0 Å². The number of rotatable bonds is 8. The SMILES string of the molecule is NC(=O)c1ccc(NC(=O)CSc2nnc(CCc3nc4ccccc4s3)o2)cc1. The number of nitrogens with zero attached hydrogens (tertiary/aromatic N) is 3. The van der Waals surface area contributed by atoms with Crippen LogP contribution >= 0.6 is 23.1 Å². The number of anilines is 1. The average Bonchev–Trinajstić information content (AvgIpc) is 3.37.